The summed E-state index contributed by atoms with van der Waals surface area (Å²) in [6, 6.07) is 4.30. The van der Waals surface area contributed by atoms with Gasteiger partial charge < -0.3 is 10.6 Å². The molecule has 18 heavy (non-hydrogen) atoms. The van der Waals surface area contributed by atoms with E-state index in [1.165, 1.54) is 18.2 Å². The molecule has 0 amide bonds. The van der Waals surface area contributed by atoms with E-state index in [1.54, 1.807) is 11.9 Å². The molecular weight excluding hydrogens is 258 g/mol. The van der Waals surface area contributed by atoms with Crippen molar-refractivity contribution in [1.82, 2.24) is 0 Å². The monoisotopic (exact) mass is 273 g/mol. The minimum atomic E-state index is -3.04. The lowest BCUT2D eigenvalue weighted by Crippen LogP contribution is -2.24. The van der Waals surface area contributed by atoms with Gasteiger partial charge in [-0.15, -0.1) is 0 Å². The molecule has 100 valence electrons. The van der Waals surface area contributed by atoms with E-state index in [2.05, 4.69) is 0 Å². The molecule has 0 heterocycles. The van der Waals surface area contributed by atoms with E-state index in [-0.39, 0.29) is 17.1 Å². The van der Waals surface area contributed by atoms with Crippen LogP contribution in [-0.2, 0) is 9.84 Å². The molecule has 0 saturated heterocycles. The van der Waals surface area contributed by atoms with Crippen molar-refractivity contribution in [2.45, 2.75) is 0 Å². The zero-order chi connectivity index (χ0) is 13.9. The van der Waals surface area contributed by atoms with E-state index in [4.69, 9.17) is 5.73 Å². The zero-order valence-electron chi connectivity index (χ0n) is 10.2. The molecule has 1 aromatic rings. The first-order valence-corrected chi connectivity index (χ1v) is 7.19. The van der Waals surface area contributed by atoms with Gasteiger partial charge >= 0.3 is 0 Å². The second kappa shape index (κ2) is 5.21. The Morgan fingerprint density at radius 3 is 2.50 bits per heavy atom. The zero-order valence-corrected chi connectivity index (χ0v) is 11.0. The Morgan fingerprint density at radius 1 is 1.44 bits per heavy atom. The Hall–Kier alpha value is -1.83. The number of nitro groups is 1. The third kappa shape index (κ3) is 3.88. The molecule has 1 rings (SSSR count). The number of hydrogen-bond donors (Lipinski definition) is 1. The van der Waals surface area contributed by atoms with Gasteiger partial charge in [-0.25, -0.2) is 8.42 Å². The summed E-state index contributed by atoms with van der Waals surface area (Å²) >= 11 is 0. The Labute approximate surface area is 105 Å². The van der Waals surface area contributed by atoms with Gasteiger partial charge in [-0.05, 0) is 12.1 Å². The number of benzene rings is 1. The second-order valence-electron chi connectivity index (χ2n) is 4.05. The number of hydrogen-bond acceptors (Lipinski definition) is 6. The van der Waals surface area contributed by atoms with Gasteiger partial charge in [-0.3, -0.25) is 10.1 Å². The largest absolute Gasteiger partial charge is 0.393 e. The van der Waals surface area contributed by atoms with Gasteiger partial charge in [0.1, 0.15) is 15.5 Å². The minimum absolute atomic E-state index is 0.0143. The first-order valence-electron chi connectivity index (χ1n) is 5.13. The number of nitrogens with two attached hydrogens (primary N) is 1. The van der Waals surface area contributed by atoms with Gasteiger partial charge in [0.05, 0.1) is 10.7 Å². The highest BCUT2D eigenvalue weighted by Gasteiger charge is 2.13. The molecule has 0 aliphatic rings. The summed E-state index contributed by atoms with van der Waals surface area (Å²) < 4.78 is 22.1. The van der Waals surface area contributed by atoms with Crippen molar-refractivity contribution in [3.8, 4) is 0 Å². The van der Waals surface area contributed by atoms with Crippen molar-refractivity contribution in [2.75, 3.05) is 36.2 Å². The molecular formula is C10H15N3O4S. The molecule has 8 heteroatoms. The van der Waals surface area contributed by atoms with Gasteiger partial charge in [0, 0.05) is 31.6 Å². The summed E-state index contributed by atoms with van der Waals surface area (Å²) in [6.07, 6.45) is 1.16. The number of nitro benzene ring substituents is 1. The lowest BCUT2D eigenvalue weighted by Gasteiger charge is -2.18. The van der Waals surface area contributed by atoms with Gasteiger partial charge in [0.2, 0.25) is 0 Å². The van der Waals surface area contributed by atoms with Crippen LogP contribution in [0.15, 0.2) is 18.2 Å². The second-order valence-corrected chi connectivity index (χ2v) is 6.31. The van der Waals surface area contributed by atoms with E-state index < -0.39 is 14.8 Å². The summed E-state index contributed by atoms with van der Waals surface area (Å²) in [5.74, 6) is 0.0143. The van der Waals surface area contributed by atoms with E-state index >= 15 is 0 Å². The van der Waals surface area contributed by atoms with Crippen molar-refractivity contribution in [2.24, 2.45) is 0 Å². The fraction of sp³-hybridized carbons (Fsp3) is 0.400. The molecule has 0 aromatic heterocycles. The normalized spacial score (nSPS) is 11.2. The van der Waals surface area contributed by atoms with Crippen LogP contribution in [0.1, 0.15) is 0 Å². The van der Waals surface area contributed by atoms with Crippen LogP contribution in [0.4, 0.5) is 17.1 Å². The van der Waals surface area contributed by atoms with E-state index in [0.717, 1.165) is 6.26 Å². The van der Waals surface area contributed by atoms with Crippen LogP contribution in [0.3, 0.4) is 0 Å². The first kappa shape index (κ1) is 14.2. The Kier molecular flexibility index (Phi) is 4.12. The van der Waals surface area contributed by atoms with Crippen molar-refractivity contribution < 1.29 is 13.3 Å². The number of anilines is 2. The Bertz CT molecular complexity index is 556. The maximum absolute atomic E-state index is 11.0. The van der Waals surface area contributed by atoms with E-state index in [0.29, 0.717) is 12.2 Å². The molecule has 0 unspecified atom stereocenters. The maximum atomic E-state index is 11.0. The Balaban J connectivity index is 2.85. The number of nitrogen functional groups attached to an aromatic ring is 1. The fourth-order valence-corrected chi connectivity index (χ4v) is 1.98. The van der Waals surface area contributed by atoms with Crippen LogP contribution in [-0.4, -0.2) is 38.9 Å². The standard InChI is InChI=1S/C10H15N3O4S/c1-12(5-6-18(2,16)17)8-3-4-10(13(14)15)9(11)7-8/h3-4,7H,5-6,11H2,1-2H3. The summed E-state index contributed by atoms with van der Waals surface area (Å²) in [6.45, 7) is 0.302. The lowest BCUT2D eigenvalue weighted by molar-refractivity contribution is -0.383. The van der Waals surface area contributed by atoms with E-state index in [1.807, 2.05) is 0 Å². The molecule has 0 spiro atoms. The molecule has 7 nitrogen and oxygen atoms in total. The quantitative estimate of drug-likeness (QED) is 0.479. The summed E-state index contributed by atoms with van der Waals surface area (Å²) in [4.78, 5) is 11.7. The predicted molar refractivity (Wildman–Crippen MR) is 70.5 cm³/mol. The molecule has 0 bridgehead atoms. The predicted octanol–water partition coefficient (Wildman–Crippen LogP) is 0.658. The van der Waals surface area contributed by atoms with Gasteiger partial charge in [0.25, 0.3) is 5.69 Å². The molecule has 0 saturated carbocycles. The molecule has 2 N–H and O–H groups in total. The SMILES string of the molecule is CN(CCS(C)(=O)=O)c1ccc([N+](=O)[O-])c(N)c1. The van der Waals surface area contributed by atoms with Crippen LogP contribution in [0.2, 0.25) is 0 Å². The molecule has 0 atom stereocenters. The lowest BCUT2D eigenvalue weighted by atomic mass is 10.2. The number of rotatable bonds is 5. The van der Waals surface area contributed by atoms with Crippen molar-refractivity contribution in [3.63, 3.8) is 0 Å². The topological polar surface area (TPSA) is 107 Å². The van der Waals surface area contributed by atoms with Gasteiger partial charge in [-0.2, -0.15) is 0 Å². The fourth-order valence-electron chi connectivity index (χ4n) is 1.38. The van der Waals surface area contributed by atoms with Gasteiger partial charge in [0.15, 0.2) is 0 Å². The smallest absolute Gasteiger partial charge is 0.292 e. The van der Waals surface area contributed by atoms with Crippen LogP contribution in [0.5, 0.6) is 0 Å². The van der Waals surface area contributed by atoms with E-state index in [9.17, 15) is 18.5 Å². The molecule has 0 radical (unpaired) electrons. The van der Waals surface area contributed by atoms with Crippen LogP contribution < -0.4 is 10.6 Å². The number of sulfone groups is 1. The van der Waals surface area contributed by atoms with Gasteiger partial charge in [-0.1, -0.05) is 0 Å². The summed E-state index contributed by atoms with van der Waals surface area (Å²) in [7, 11) is -1.34. The molecule has 0 fully saturated rings. The van der Waals surface area contributed by atoms with Crippen LogP contribution in [0.25, 0.3) is 0 Å². The molecule has 0 aliphatic carbocycles. The first-order chi connectivity index (χ1) is 8.20. The van der Waals surface area contributed by atoms with Crippen LogP contribution in [0, 0.1) is 10.1 Å². The highest BCUT2D eigenvalue weighted by Crippen LogP contribution is 2.26. The van der Waals surface area contributed by atoms with Crippen molar-refractivity contribution in [1.29, 1.82) is 0 Å². The van der Waals surface area contributed by atoms with Crippen molar-refractivity contribution >= 4 is 26.9 Å². The Morgan fingerprint density at radius 2 is 2.06 bits per heavy atom. The average Bonchev–Trinajstić information content (AvgIpc) is 2.24. The highest BCUT2D eigenvalue weighted by atomic mass is 32.2. The summed E-state index contributed by atoms with van der Waals surface area (Å²) in [5.41, 5.74) is 6.10. The van der Waals surface area contributed by atoms with Crippen LogP contribution >= 0.6 is 0 Å². The minimum Gasteiger partial charge on any atom is -0.393 e. The summed E-state index contributed by atoms with van der Waals surface area (Å²) in [5, 5.41) is 10.6. The average molecular weight is 273 g/mol. The third-order valence-corrected chi connectivity index (χ3v) is 3.37. The molecule has 1 aromatic carbocycles. The highest BCUT2D eigenvalue weighted by molar-refractivity contribution is 7.90. The maximum Gasteiger partial charge on any atom is 0.292 e. The number of nitrogens with zero attached hydrogens (tertiary/aromatic N) is 2. The third-order valence-electron chi connectivity index (χ3n) is 2.45. The molecule has 0 aliphatic heterocycles. The van der Waals surface area contributed by atoms with Crippen molar-refractivity contribution in [3.05, 3.63) is 28.3 Å².